The zero-order valence-electron chi connectivity index (χ0n) is 12.4. The SMILES string of the molecule is CN(C)c1ccc(CNc2ccc3ccccc3n2)cc1. The van der Waals surface area contributed by atoms with Crippen LogP contribution in [-0.2, 0) is 6.54 Å². The molecule has 21 heavy (non-hydrogen) atoms. The maximum atomic E-state index is 4.62. The first kappa shape index (κ1) is 13.4. The Hall–Kier alpha value is -2.55. The Kier molecular flexibility index (Phi) is 3.73. The maximum absolute atomic E-state index is 4.62. The fourth-order valence-electron chi connectivity index (χ4n) is 2.27. The lowest BCUT2D eigenvalue weighted by molar-refractivity contribution is 1.10. The summed E-state index contributed by atoms with van der Waals surface area (Å²) < 4.78 is 0. The Bertz CT molecular complexity index is 733. The molecule has 3 aromatic rings. The Balaban J connectivity index is 1.71. The number of para-hydroxylation sites is 1. The normalized spacial score (nSPS) is 10.6. The summed E-state index contributed by atoms with van der Waals surface area (Å²) in [5.74, 6) is 0.908. The summed E-state index contributed by atoms with van der Waals surface area (Å²) in [6, 6.07) is 20.8. The summed E-state index contributed by atoms with van der Waals surface area (Å²) in [6.07, 6.45) is 0. The molecular formula is C18H19N3. The highest BCUT2D eigenvalue weighted by Crippen LogP contribution is 2.16. The second-order valence-corrected chi connectivity index (χ2v) is 5.30. The number of anilines is 2. The molecule has 3 heteroatoms. The van der Waals surface area contributed by atoms with E-state index in [0.29, 0.717) is 0 Å². The molecule has 0 spiro atoms. The summed E-state index contributed by atoms with van der Waals surface area (Å²) in [5.41, 5.74) is 3.48. The molecule has 1 heterocycles. The van der Waals surface area contributed by atoms with Gasteiger partial charge < -0.3 is 10.2 Å². The molecule has 0 aliphatic carbocycles. The first-order valence-corrected chi connectivity index (χ1v) is 7.08. The van der Waals surface area contributed by atoms with Crippen LogP contribution in [-0.4, -0.2) is 19.1 Å². The molecule has 0 amide bonds. The van der Waals surface area contributed by atoms with Crippen LogP contribution >= 0.6 is 0 Å². The third kappa shape index (κ3) is 3.14. The van der Waals surface area contributed by atoms with Gasteiger partial charge in [-0.15, -0.1) is 0 Å². The molecule has 2 aromatic carbocycles. The quantitative estimate of drug-likeness (QED) is 0.783. The Morgan fingerprint density at radius 1 is 0.905 bits per heavy atom. The number of hydrogen-bond donors (Lipinski definition) is 1. The van der Waals surface area contributed by atoms with Crippen molar-refractivity contribution in [1.82, 2.24) is 4.98 Å². The van der Waals surface area contributed by atoms with E-state index in [1.54, 1.807) is 0 Å². The number of nitrogens with one attached hydrogen (secondary N) is 1. The van der Waals surface area contributed by atoms with Crippen LogP contribution in [0.15, 0.2) is 60.7 Å². The number of benzene rings is 2. The molecule has 106 valence electrons. The second-order valence-electron chi connectivity index (χ2n) is 5.30. The minimum Gasteiger partial charge on any atom is -0.378 e. The topological polar surface area (TPSA) is 28.2 Å². The van der Waals surface area contributed by atoms with Gasteiger partial charge in [0.1, 0.15) is 5.82 Å². The van der Waals surface area contributed by atoms with Crippen LogP contribution in [0, 0.1) is 0 Å². The van der Waals surface area contributed by atoms with Gasteiger partial charge >= 0.3 is 0 Å². The fourth-order valence-corrected chi connectivity index (χ4v) is 2.27. The van der Waals surface area contributed by atoms with E-state index in [0.717, 1.165) is 17.9 Å². The van der Waals surface area contributed by atoms with Gasteiger partial charge in [0.25, 0.3) is 0 Å². The lowest BCUT2D eigenvalue weighted by Gasteiger charge is -2.13. The van der Waals surface area contributed by atoms with Crippen LogP contribution in [0.1, 0.15) is 5.56 Å². The van der Waals surface area contributed by atoms with Gasteiger partial charge in [-0.25, -0.2) is 4.98 Å². The first-order valence-electron chi connectivity index (χ1n) is 7.08. The summed E-state index contributed by atoms with van der Waals surface area (Å²) in [4.78, 5) is 6.72. The number of fused-ring (bicyclic) bond motifs is 1. The van der Waals surface area contributed by atoms with Crippen LogP contribution in [0.2, 0.25) is 0 Å². The molecule has 0 bridgehead atoms. The summed E-state index contributed by atoms with van der Waals surface area (Å²) in [6.45, 7) is 0.777. The minimum absolute atomic E-state index is 0.777. The Morgan fingerprint density at radius 3 is 2.43 bits per heavy atom. The fraction of sp³-hybridized carbons (Fsp3) is 0.167. The number of hydrogen-bond acceptors (Lipinski definition) is 3. The molecule has 0 atom stereocenters. The van der Waals surface area contributed by atoms with Crippen LogP contribution in [0.4, 0.5) is 11.5 Å². The van der Waals surface area contributed by atoms with Crippen LogP contribution in [0.5, 0.6) is 0 Å². The standard InChI is InChI=1S/C18H19N3/c1-21(2)16-10-7-14(8-11-16)13-19-18-12-9-15-5-3-4-6-17(15)20-18/h3-12H,13H2,1-2H3,(H,19,20). The molecule has 0 aliphatic rings. The largest absolute Gasteiger partial charge is 0.378 e. The summed E-state index contributed by atoms with van der Waals surface area (Å²) in [7, 11) is 4.10. The van der Waals surface area contributed by atoms with Crippen molar-refractivity contribution < 1.29 is 0 Å². The third-order valence-electron chi connectivity index (χ3n) is 3.52. The van der Waals surface area contributed by atoms with E-state index in [4.69, 9.17) is 0 Å². The lowest BCUT2D eigenvalue weighted by atomic mass is 10.2. The molecule has 0 radical (unpaired) electrons. The Labute approximate surface area is 125 Å². The molecule has 3 rings (SSSR count). The molecule has 0 saturated heterocycles. The van der Waals surface area contributed by atoms with Crippen molar-refractivity contribution in [3.05, 3.63) is 66.2 Å². The maximum Gasteiger partial charge on any atom is 0.126 e. The molecule has 0 aliphatic heterocycles. The highest BCUT2D eigenvalue weighted by atomic mass is 15.1. The number of rotatable bonds is 4. The van der Waals surface area contributed by atoms with E-state index < -0.39 is 0 Å². The van der Waals surface area contributed by atoms with E-state index in [1.807, 2.05) is 38.4 Å². The van der Waals surface area contributed by atoms with Gasteiger partial charge in [0.05, 0.1) is 5.52 Å². The van der Waals surface area contributed by atoms with Crippen LogP contribution in [0.3, 0.4) is 0 Å². The monoisotopic (exact) mass is 277 g/mol. The smallest absolute Gasteiger partial charge is 0.126 e. The van der Waals surface area contributed by atoms with Gasteiger partial charge in [-0.3, -0.25) is 0 Å². The van der Waals surface area contributed by atoms with Gasteiger partial charge in [0, 0.05) is 31.7 Å². The van der Waals surface area contributed by atoms with Crippen molar-refractivity contribution in [3.8, 4) is 0 Å². The second kappa shape index (κ2) is 5.83. The molecule has 1 aromatic heterocycles. The van der Waals surface area contributed by atoms with E-state index in [-0.39, 0.29) is 0 Å². The summed E-state index contributed by atoms with van der Waals surface area (Å²) >= 11 is 0. The number of pyridine rings is 1. The van der Waals surface area contributed by atoms with Gasteiger partial charge in [-0.2, -0.15) is 0 Å². The highest BCUT2D eigenvalue weighted by molar-refractivity contribution is 5.80. The molecular weight excluding hydrogens is 258 g/mol. The predicted octanol–water partition coefficient (Wildman–Crippen LogP) is 3.91. The van der Waals surface area contributed by atoms with E-state index in [9.17, 15) is 0 Å². The minimum atomic E-state index is 0.777. The molecule has 0 saturated carbocycles. The van der Waals surface area contributed by atoms with Crippen molar-refractivity contribution in [2.75, 3.05) is 24.3 Å². The van der Waals surface area contributed by atoms with Crippen molar-refractivity contribution in [2.24, 2.45) is 0 Å². The average Bonchev–Trinajstić information content (AvgIpc) is 2.53. The van der Waals surface area contributed by atoms with Crippen LogP contribution < -0.4 is 10.2 Å². The van der Waals surface area contributed by atoms with E-state index >= 15 is 0 Å². The third-order valence-corrected chi connectivity index (χ3v) is 3.52. The van der Waals surface area contributed by atoms with E-state index in [2.05, 4.69) is 51.6 Å². The summed E-state index contributed by atoms with van der Waals surface area (Å²) in [5, 5.41) is 4.54. The van der Waals surface area contributed by atoms with Crippen molar-refractivity contribution in [2.45, 2.75) is 6.54 Å². The highest BCUT2D eigenvalue weighted by Gasteiger charge is 1.99. The van der Waals surface area contributed by atoms with E-state index in [1.165, 1.54) is 16.6 Å². The van der Waals surface area contributed by atoms with Gasteiger partial charge in [0.2, 0.25) is 0 Å². The Morgan fingerprint density at radius 2 is 1.67 bits per heavy atom. The van der Waals surface area contributed by atoms with Crippen LogP contribution in [0.25, 0.3) is 10.9 Å². The number of nitrogens with zero attached hydrogens (tertiary/aromatic N) is 2. The molecule has 0 unspecified atom stereocenters. The lowest BCUT2D eigenvalue weighted by Crippen LogP contribution is -2.08. The van der Waals surface area contributed by atoms with Crippen molar-refractivity contribution >= 4 is 22.4 Å². The first-order chi connectivity index (χ1) is 10.2. The predicted molar refractivity (Wildman–Crippen MR) is 89.8 cm³/mol. The van der Waals surface area contributed by atoms with Gasteiger partial charge in [-0.1, -0.05) is 30.3 Å². The zero-order valence-corrected chi connectivity index (χ0v) is 12.4. The average molecular weight is 277 g/mol. The van der Waals surface area contributed by atoms with Crippen molar-refractivity contribution in [1.29, 1.82) is 0 Å². The van der Waals surface area contributed by atoms with Crippen molar-refractivity contribution in [3.63, 3.8) is 0 Å². The van der Waals surface area contributed by atoms with Gasteiger partial charge in [-0.05, 0) is 35.9 Å². The zero-order chi connectivity index (χ0) is 14.7. The van der Waals surface area contributed by atoms with Gasteiger partial charge in [0.15, 0.2) is 0 Å². The number of aromatic nitrogens is 1. The molecule has 3 nitrogen and oxygen atoms in total. The molecule has 1 N–H and O–H groups in total. The molecule has 0 fully saturated rings.